The monoisotopic (exact) mass is 282 g/mol. The molecule has 0 aliphatic heterocycles. The summed E-state index contributed by atoms with van der Waals surface area (Å²) in [6.45, 7) is 0. The Labute approximate surface area is 110 Å². The van der Waals surface area contributed by atoms with Crippen molar-refractivity contribution in [2.45, 2.75) is 4.90 Å². The number of hydrogen-bond donors (Lipinski definition) is 2. The molecule has 6 heteroatoms. The van der Waals surface area contributed by atoms with Crippen LogP contribution in [-0.2, 0) is 10.0 Å². The molecule has 94 valence electrons. The van der Waals surface area contributed by atoms with Gasteiger partial charge in [0.2, 0.25) is 0 Å². The van der Waals surface area contributed by atoms with Gasteiger partial charge >= 0.3 is 0 Å². The van der Waals surface area contributed by atoms with Crippen LogP contribution >= 0.6 is 11.6 Å². The van der Waals surface area contributed by atoms with Crippen LogP contribution in [0, 0.1) is 0 Å². The summed E-state index contributed by atoms with van der Waals surface area (Å²) in [5, 5.41) is 0.175. The summed E-state index contributed by atoms with van der Waals surface area (Å²) in [4.78, 5) is 0.0362. The normalized spacial score (nSPS) is 11.2. The second-order valence-electron chi connectivity index (χ2n) is 3.66. The summed E-state index contributed by atoms with van der Waals surface area (Å²) >= 11 is 5.86. The summed E-state index contributed by atoms with van der Waals surface area (Å²) in [5.41, 5.74) is 6.46. The standard InChI is InChI=1S/C12H11ClN2O2S/c13-11-6-1-2-7-12(11)18(16,17)15-10-5-3-4-9(14)8-10/h1-8,15H,14H2. The largest absolute Gasteiger partial charge is 0.399 e. The van der Waals surface area contributed by atoms with Crippen molar-refractivity contribution in [2.24, 2.45) is 0 Å². The number of hydrogen-bond acceptors (Lipinski definition) is 3. The molecule has 0 bridgehead atoms. The highest BCUT2D eigenvalue weighted by Crippen LogP contribution is 2.23. The molecule has 0 unspecified atom stereocenters. The Kier molecular flexibility index (Phi) is 3.45. The van der Waals surface area contributed by atoms with Crippen LogP contribution in [0.3, 0.4) is 0 Å². The molecule has 0 saturated heterocycles. The maximum absolute atomic E-state index is 12.1. The Morgan fingerprint density at radius 1 is 1.06 bits per heavy atom. The lowest BCUT2D eigenvalue weighted by Crippen LogP contribution is -2.13. The third kappa shape index (κ3) is 2.75. The predicted octanol–water partition coefficient (Wildman–Crippen LogP) is 2.72. The first-order valence-corrected chi connectivity index (χ1v) is 6.98. The van der Waals surface area contributed by atoms with E-state index in [9.17, 15) is 8.42 Å². The molecule has 3 N–H and O–H groups in total. The first-order valence-electron chi connectivity index (χ1n) is 5.12. The fourth-order valence-electron chi connectivity index (χ4n) is 1.47. The highest BCUT2D eigenvalue weighted by atomic mass is 35.5. The van der Waals surface area contributed by atoms with E-state index in [1.165, 1.54) is 18.2 Å². The van der Waals surface area contributed by atoms with Crippen LogP contribution in [-0.4, -0.2) is 8.42 Å². The van der Waals surface area contributed by atoms with Gasteiger partial charge in [-0.05, 0) is 30.3 Å². The molecule has 0 aromatic heterocycles. The first-order chi connectivity index (χ1) is 8.49. The van der Waals surface area contributed by atoms with Crippen LogP contribution in [0.25, 0.3) is 0 Å². The number of anilines is 2. The van der Waals surface area contributed by atoms with Crippen molar-refractivity contribution in [1.29, 1.82) is 0 Å². The van der Waals surface area contributed by atoms with Crippen molar-refractivity contribution in [3.05, 3.63) is 53.6 Å². The van der Waals surface area contributed by atoms with Gasteiger partial charge in [-0.25, -0.2) is 8.42 Å². The molecule has 2 aromatic carbocycles. The Bertz CT molecular complexity index is 671. The summed E-state index contributed by atoms with van der Waals surface area (Å²) in [5.74, 6) is 0. The molecule has 0 fully saturated rings. The van der Waals surface area contributed by atoms with Gasteiger partial charge in [-0.2, -0.15) is 0 Å². The van der Waals surface area contributed by atoms with E-state index in [1.807, 2.05) is 0 Å². The Morgan fingerprint density at radius 2 is 1.78 bits per heavy atom. The third-order valence-corrected chi connectivity index (χ3v) is 4.15. The van der Waals surface area contributed by atoms with Gasteiger partial charge < -0.3 is 5.73 Å². The molecular weight excluding hydrogens is 272 g/mol. The minimum absolute atomic E-state index is 0.0362. The Balaban J connectivity index is 2.37. The second kappa shape index (κ2) is 4.88. The number of nitrogens with two attached hydrogens (primary N) is 1. The van der Waals surface area contributed by atoms with Crippen molar-refractivity contribution in [3.63, 3.8) is 0 Å². The lowest BCUT2D eigenvalue weighted by atomic mass is 10.3. The van der Waals surface area contributed by atoms with E-state index in [0.717, 1.165) is 0 Å². The van der Waals surface area contributed by atoms with Crippen LogP contribution in [0.4, 0.5) is 11.4 Å². The van der Waals surface area contributed by atoms with Gasteiger partial charge in [-0.1, -0.05) is 29.8 Å². The maximum Gasteiger partial charge on any atom is 0.263 e. The van der Waals surface area contributed by atoms with Crippen molar-refractivity contribution in [1.82, 2.24) is 0 Å². The second-order valence-corrected chi connectivity index (χ2v) is 5.72. The minimum atomic E-state index is -3.70. The quantitative estimate of drug-likeness (QED) is 0.850. The molecule has 4 nitrogen and oxygen atoms in total. The average molecular weight is 283 g/mol. The van der Waals surface area contributed by atoms with Crippen LogP contribution in [0.15, 0.2) is 53.4 Å². The highest BCUT2D eigenvalue weighted by molar-refractivity contribution is 7.92. The number of nitrogens with one attached hydrogen (secondary N) is 1. The van der Waals surface area contributed by atoms with Crippen molar-refractivity contribution in [2.75, 3.05) is 10.5 Å². The molecule has 0 radical (unpaired) electrons. The van der Waals surface area contributed by atoms with E-state index < -0.39 is 10.0 Å². The molecule has 0 spiro atoms. The highest BCUT2D eigenvalue weighted by Gasteiger charge is 2.17. The molecule has 0 aliphatic rings. The third-order valence-electron chi connectivity index (χ3n) is 2.27. The lowest BCUT2D eigenvalue weighted by Gasteiger charge is -2.09. The summed E-state index contributed by atoms with van der Waals surface area (Å²) < 4.78 is 26.6. The van der Waals surface area contributed by atoms with Gasteiger partial charge in [-0.3, -0.25) is 4.72 Å². The number of sulfonamides is 1. The van der Waals surface area contributed by atoms with Gasteiger partial charge in [0.15, 0.2) is 0 Å². The van der Waals surface area contributed by atoms with Gasteiger partial charge in [0.05, 0.1) is 10.7 Å². The first kappa shape index (κ1) is 12.7. The molecule has 2 rings (SSSR count). The van der Waals surface area contributed by atoms with E-state index in [-0.39, 0.29) is 9.92 Å². The van der Waals surface area contributed by atoms with Gasteiger partial charge in [-0.15, -0.1) is 0 Å². The van der Waals surface area contributed by atoms with Crippen LogP contribution in [0.5, 0.6) is 0 Å². The van der Waals surface area contributed by atoms with E-state index in [2.05, 4.69) is 4.72 Å². The van der Waals surface area contributed by atoms with Gasteiger partial charge in [0.25, 0.3) is 10.0 Å². The van der Waals surface area contributed by atoms with E-state index >= 15 is 0 Å². The number of halogens is 1. The number of nitrogen functional groups attached to an aromatic ring is 1. The Morgan fingerprint density at radius 3 is 2.44 bits per heavy atom. The predicted molar refractivity (Wildman–Crippen MR) is 73.1 cm³/mol. The molecule has 0 atom stereocenters. The van der Waals surface area contributed by atoms with Gasteiger partial charge in [0, 0.05) is 5.69 Å². The van der Waals surface area contributed by atoms with E-state index in [1.54, 1.807) is 30.3 Å². The average Bonchev–Trinajstić information content (AvgIpc) is 2.28. The van der Waals surface area contributed by atoms with E-state index in [0.29, 0.717) is 11.4 Å². The van der Waals surface area contributed by atoms with Crippen molar-refractivity contribution >= 4 is 33.0 Å². The summed E-state index contributed by atoms with van der Waals surface area (Å²) in [7, 11) is -3.70. The fraction of sp³-hybridized carbons (Fsp3) is 0. The zero-order chi connectivity index (χ0) is 13.2. The molecule has 18 heavy (non-hydrogen) atoms. The molecule has 2 aromatic rings. The molecule has 0 aliphatic carbocycles. The minimum Gasteiger partial charge on any atom is -0.399 e. The number of rotatable bonds is 3. The SMILES string of the molecule is Nc1cccc(NS(=O)(=O)c2ccccc2Cl)c1. The molecule has 0 heterocycles. The smallest absolute Gasteiger partial charge is 0.263 e. The Hall–Kier alpha value is -1.72. The van der Waals surface area contributed by atoms with Gasteiger partial charge in [0.1, 0.15) is 4.90 Å². The molecule has 0 saturated carbocycles. The topological polar surface area (TPSA) is 72.2 Å². The van der Waals surface area contributed by atoms with Crippen LogP contribution in [0.2, 0.25) is 5.02 Å². The lowest BCUT2D eigenvalue weighted by molar-refractivity contribution is 0.601. The maximum atomic E-state index is 12.1. The zero-order valence-electron chi connectivity index (χ0n) is 9.30. The fourth-order valence-corrected chi connectivity index (χ4v) is 3.05. The zero-order valence-corrected chi connectivity index (χ0v) is 10.9. The van der Waals surface area contributed by atoms with E-state index in [4.69, 9.17) is 17.3 Å². The van der Waals surface area contributed by atoms with Crippen LogP contribution in [0.1, 0.15) is 0 Å². The summed E-state index contributed by atoms with van der Waals surface area (Å²) in [6, 6.07) is 12.7. The molecule has 0 amide bonds. The van der Waals surface area contributed by atoms with Crippen molar-refractivity contribution < 1.29 is 8.42 Å². The summed E-state index contributed by atoms with van der Waals surface area (Å²) in [6.07, 6.45) is 0. The van der Waals surface area contributed by atoms with Crippen LogP contribution < -0.4 is 10.5 Å². The molecular formula is C12H11ClN2O2S. The number of benzene rings is 2. The van der Waals surface area contributed by atoms with Crippen molar-refractivity contribution in [3.8, 4) is 0 Å².